The van der Waals surface area contributed by atoms with Gasteiger partial charge in [0.1, 0.15) is 0 Å². The first kappa shape index (κ1) is 11.7. The summed E-state index contributed by atoms with van der Waals surface area (Å²) in [6.45, 7) is 0.555. The van der Waals surface area contributed by atoms with E-state index < -0.39 is 11.7 Å². The van der Waals surface area contributed by atoms with Crippen molar-refractivity contribution in [2.75, 3.05) is 6.61 Å². The van der Waals surface area contributed by atoms with E-state index in [1.54, 1.807) is 0 Å². The summed E-state index contributed by atoms with van der Waals surface area (Å²) in [7, 11) is 0. The first-order valence-corrected chi connectivity index (χ1v) is 5.35. The van der Waals surface area contributed by atoms with Crippen LogP contribution in [0.2, 0.25) is 0 Å². The molecule has 1 fully saturated rings. The molecule has 1 nitrogen and oxygen atoms in total. The van der Waals surface area contributed by atoms with Crippen LogP contribution >= 0.6 is 11.6 Å². The maximum atomic E-state index is 12.3. The Morgan fingerprint density at radius 2 is 1.81 bits per heavy atom. The zero-order chi connectivity index (χ0) is 11.8. The summed E-state index contributed by atoms with van der Waals surface area (Å²) in [6, 6.07) is 4.96. The summed E-state index contributed by atoms with van der Waals surface area (Å²) in [5.41, 5.74) is 0.0471. The van der Waals surface area contributed by atoms with Crippen molar-refractivity contribution < 1.29 is 17.9 Å². The third-order valence-electron chi connectivity index (χ3n) is 2.59. The maximum Gasteiger partial charge on any atom is 0.416 e. The van der Waals surface area contributed by atoms with Gasteiger partial charge in [0.25, 0.3) is 0 Å². The Bertz CT molecular complexity index is 360. The topological polar surface area (TPSA) is 9.23 Å². The minimum absolute atomic E-state index is 0.156. The van der Waals surface area contributed by atoms with Gasteiger partial charge in [-0.1, -0.05) is 12.1 Å². The largest absolute Gasteiger partial charge is 0.416 e. The van der Waals surface area contributed by atoms with Crippen LogP contribution in [0.25, 0.3) is 0 Å². The molecule has 16 heavy (non-hydrogen) atoms. The molecule has 0 spiro atoms. The molecule has 0 saturated carbocycles. The van der Waals surface area contributed by atoms with Gasteiger partial charge in [-0.15, -0.1) is 11.6 Å². The van der Waals surface area contributed by atoms with Crippen LogP contribution < -0.4 is 0 Å². The van der Waals surface area contributed by atoms with Crippen molar-refractivity contribution in [3.8, 4) is 0 Å². The lowest BCUT2D eigenvalue weighted by atomic mass is 10.0. The predicted octanol–water partition coefficient (Wildman–Crippen LogP) is 3.77. The van der Waals surface area contributed by atoms with E-state index in [9.17, 15) is 13.2 Å². The van der Waals surface area contributed by atoms with Gasteiger partial charge in [-0.2, -0.15) is 13.2 Å². The normalized spacial score (nSPS) is 26.0. The van der Waals surface area contributed by atoms with Crippen LogP contribution in [0.5, 0.6) is 0 Å². The Morgan fingerprint density at radius 3 is 2.25 bits per heavy atom. The summed E-state index contributed by atoms with van der Waals surface area (Å²) in [5.74, 6) is 0. The standard InChI is InChI=1S/C11H10ClF3O/c12-9-5-6-16-10(9)7-1-3-8(4-2-7)11(13,14)15/h1-4,9-10H,5-6H2/t9-,10-/m1/s1. The molecule has 2 atom stereocenters. The Kier molecular flexibility index (Phi) is 3.13. The highest BCUT2D eigenvalue weighted by atomic mass is 35.5. The molecule has 0 amide bonds. The summed E-state index contributed by atoms with van der Waals surface area (Å²) in [5, 5.41) is -0.156. The molecule has 2 rings (SSSR count). The summed E-state index contributed by atoms with van der Waals surface area (Å²) in [4.78, 5) is 0. The van der Waals surface area contributed by atoms with Gasteiger partial charge in [0.2, 0.25) is 0 Å². The van der Waals surface area contributed by atoms with Crippen molar-refractivity contribution in [1.29, 1.82) is 0 Å². The van der Waals surface area contributed by atoms with E-state index in [1.807, 2.05) is 0 Å². The lowest BCUT2D eigenvalue weighted by Crippen LogP contribution is -2.08. The Balaban J connectivity index is 2.19. The van der Waals surface area contributed by atoms with Gasteiger partial charge in [0, 0.05) is 6.61 Å². The molecule has 0 N–H and O–H groups in total. The molecular weight excluding hydrogens is 241 g/mol. The second-order valence-corrected chi connectivity index (χ2v) is 4.28. The molecule has 0 radical (unpaired) electrons. The Morgan fingerprint density at radius 1 is 1.19 bits per heavy atom. The number of ether oxygens (including phenoxy) is 1. The van der Waals surface area contributed by atoms with E-state index in [-0.39, 0.29) is 11.5 Å². The predicted molar refractivity (Wildman–Crippen MR) is 54.4 cm³/mol. The molecule has 1 heterocycles. The molecule has 1 aromatic carbocycles. The molecule has 0 unspecified atom stereocenters. The number of halogens is 4. The number of hydrogen-bond donors (Lipinski definition) is 0. The van der Waals surface area contributed by atoms with Crippen LogP contribution in [-0.2, 0) is 10.9 Å². The summed E-state index contributed by atoms with van der Waals surface area (Å²) in [6.07, 6.45) is -3.85. The zero-order valence-corrected chi connectivity index (χ0v) is 9.05. The first-order valence-electron chi connectivity index (χ1n) is 4.91. The van der Waals surface area contributed by atoms with Crippen LogP contribution in [0.1, 0.15) is 23.7 Å². The van der Waals surface area contributed by atoms with Gasteiger partial charge in [-0.25, -0.2) is 0 Å². The van der Waals surface area contributed by atoms with Crippen molar-refractivity contribution in [3.63, 3.8) is 0 Å². The van der Waals surface area contributed by atoms with Crippen LogP contribution in [0.3, 0.4) is 0 Å². The van der Waals surface area contributed by atoms with E-state index in [0.29, 0.717) is 12.2 Å². The minimum atomic E-state index is -4.30. The van der Waals surface area contributed by atoms with Gasteiger partial charge >= 0.3 is 6.18 Å². The Hall–Kier alpha value is -0.740. The summed E-state index contributed by atoms with van der Waals surface area (Å²) < 4.78 is 42.3. The third kappa shape index (κ3) is 2.33. The highest BCUT2D eigenvalue weighted by molar-refractivity contribution is 6.21. The fourth-order valence-electron chi connectivity index (χ4n) is 1.73. The van der Waals surface area contributed by atoms with Gasteiger partial charge in [-0.3, -0.25) is 0 Å². The summed E-state index contributed by atoms with van der Waals surface area (Å²) >= 11 is 6.00. The minimum Gasteiger partial charge on any atom is -0.372 e. The number of hydrogen-bond acceptors (Lipinski definition) is 1. The molecule has 1 saturated heterocycles. The van der Waals surface area contributed by atoms with Crippen LogP contribution in [0.15, 0.2) is 24.3 Å². The quantitative estimate of drug-likeness (QED) is 0.690. The van der Waals surface area contributed by atoms with Gasteiger partial charge in [0.15, 0.2) is 0 Å². The van der Waals surface area contributed by atoms with Crippen LogP contribution in [0, 0.1) is 0 Å². The van der Waals surface area contributed by atoms with Crippen molar-refractivity contribution in [1.82, 2.24) is 0 Å². The lowest BCUT2D eigenvalue weighted by molar-refractivity contribution is -0.137. The van der Waals surface area contributed by atoms with Crippen molar-refractivity contribution >= 4 is 11.6 Å². The molecule has 0 aromatic heterocycles. The van der Waals surface area contributed by atoms with Gasteiger partial charge in [-0.05, 0) is 24.1 Å². The van der Waals surface area contributed by atoms with E-state index in [0.717, 1.165) is 18.6 Å². The number of alkyl halides is 4. The number of rotatable bonds is 1. The van der Waals surface area contributed by atoms with Crippen LogP contribution in [-0.4, -0.2) is 12.0 Å². The second kappa shape index (κ2) is 4.26. The van der Waals surface area contributed by atoms with Gasteiger partial charge < -0.3 is 4.74 Å². The SMILES string of the molecule is FC(F)(F)c1ccc([C@H]2OCC[C@H]2Cl)cc1. The molecule has 1 aromatic rings. The lowest BCUT2D eigenvalue weighted by Gasteiger charge is -2.14. The van der Waals surface area contributed by atoms with Crippen molar-refractivity contribution in [2.45, 2.75) is 24.1 Å². The molecule has 0 bridgehead atoms. The second-order valence-electron chi connectivity index (χ2n) is 3.72. The molecule has 0 aliphatic carbocycles. The van der Waals surface area contributed by atoms with Crippen molar-refractivity contribution in [3.05, 3.63) is 35.4 Å². The average Bonchev–Trinajstić information content (AvgIpc) is 2.63. The number of benzene rings is 1. The smallest absolute Gasteiger partial charge is 0.372 e. The first-order chi connectivity index (χ1) is 7.48. The molecule has 1 aliphatic rings. The molecule has 1 aliphatic heterocycles. The maximum absolute atomic E-state index is 12.3. The van der Waals surface area contributed by atoms with E-state index >= 15 is 0 Å². The van der Waals surface area contributed by atoms with Gasteiger partial charge in [0.05, 0.1) is 17.0 Å². The monoisotopic (exact) mass is 250 g/mol. The van der Waals surface area contributed by atoms with E-state index in [1.165, 1.54) is 12.1 Å². The van der Waals surface area contributed by atoms with Crippen LogP contribution in [0.4, 0.5) is 13.2 Å². The average molecular weight is 251 g/mol. The fourth-order valence-corrected chi connectivity index (χ4v) is 2.04. The zero-order valence-electron chi connectivity index (χ0n) is 8.30. The van der Waals surface area contributed by atoms with Crippen molar-refractivity contribution in [2.24, 2.45) is 0 Å². The third-order valence-corrected chi connectivity index (χ3v) is 3.03. The van der Waals surface area contributed by atoms with E-state index in [4.69, 9.17) is 16.3 Å². The Labute approximate surface area is 96.2 Å². The molecule has 88 valence electrons. The fraction of sp³-hybridized carbons (Fsp3) is 0.455. The molecular formula is C11H10ClF3O. The highest BCUT2D eigenvalue weighted by Gasteiger charge is 2.32. The van der Waals surface area contributed by atoms with E-state index in [2.05, 4.69) is 0 Å². The molecule has 5 heteroatoms. The highest BCUT2D eigenvalue weighted by Crippen LogP contribution is 2.35.